The normalized spacial score (nSPS) is 30.7. The molecular formula is C12H23N3O. The highest BCUT2D eigenvalue weighted by Crippen LogP contribution is 2.23. The van der Waals surface area contributed by atoms with Gasteiger partial charge in [0.1, 0.15) is 0 Å². The Bertz CT molecular complexity index is 224. The molecule has 0 bridgehead atoms. The maximum Gasteiger partial charge on any atom is 0.0852 e. The Labute approximate surface area is 97.7 Å². The lowest BCUT2D eigenvalue weighted by Gasteiger charge is -2.37. The van der Waals surface area contributed by atoms with Gasteiger partial charge >= 0.3 is 0 Å². The average Bonchev–Trinajstić information content (AvgIpc) is 2.38. The molecule has 92 valence electrons. The summed E-state index contributed by atoms with van der Waals surface area (Å²) in [6.07, 6.45) is 8.24. The van der Waals surface area contributed by atoms with E-state index in [-0.39, 0.29) is 6.61 Å². The molecule has 2 N–H and O–H groups in total. The molecule has 2 aliphatic rings. The largest absolute Gasteiger partial charge is 0.395 e. The van der Waals surface area contributed by atoms with Crippen molar-refractivity contribution < 1.29 is 5.11 Å². The molecule has 1 fully saturated rings. The molecule has 0 aromatic rings. The van der Waals surface area contributed by atoms with Crippen molar-refractivity contribution in [3.05, 3.63) is 0 Å². The van der Waals surface area contributed by atoms with Crippen LogP contribution in [0.1, 0.15) is 32.1 Å². The highest BCUT2D eigenvalue weighted by Gasteiger charge is 2.24. The van der Waals surface area contributed by atoms with Crippen LogP contribution in [0.3, 0.4) is 0 Å². The Morgan fingerprint density at radius 1 is 1.31 bits per heavy atom. The van der Waals surface area contributed by atoms with Gasteiger partial charge in [-0.3, -0.25) is 4.99 Å². The van der Waals surface area contributed by atoms with Crippen LogP contribution in [0.4, 0.5) is 0 Å². The van der Waals surface area contributed by atoms with E-state index in [1.807, 2.05) is 0 Å². The van der Waals surface area contributed by atoms with Gasteiger partial charge in [0.15, 0.2) is 0 Å². The van der Waals surface area contributed by atoms with Crippen molar-refractivity contribution in [2.75, 3.05) is 26.2 Å². The molecule has 2 rings (SSSR count). The molecule has 1 aliphatic carbocycles. The first-order valence-electron chi connectivity index (χ1n) is 6.50. The first-order chi connectivity index (χ1) is 7.90. The van der Waals surface area contributed by atoms with Crippen molar-refractivity contribution in [1.29, 1.82) is 0 Å². The first kappa shape index (κ1) is 11.9. The molecular weight excluding hydrogens is 202 g/mol. The van der Waals surface area contributed by atoms with Gasteiger partial charge in [-0.25, -0.2) is 0 Å². The highest BCUT2D eigenvalue weighted by molar-refractivity contribution is 5.56. The van der Waals surface area contributed by atoms with Crippen molar-refractivity contribution in [1.82, 2.24) is 10.2 Å². The Balaban J connectivity index is 1.72. The predicted octanol–water partition coefficient (Wildman–Crippen LogP) is 0.613. The van der Waals surface area contributed by atoms with Crippen LogP contribution in [-0.4, -0.2) is 54.7 Å². The average molecular weight is 225 g/mol. The third-order valence-corrected chi connectivity index (χ3v) is 3.64. The van der Waals surface area contributed by atoms with Gasteiger partial charge in [-0.15, -0.1) is 0 Å². The van der Waals surface area contributed by atoms with Crippen molar-refractivity contribution in [2.24, 2.45) is 4.99 Å². The van der Waals surface area contributed by atoms with Crippen LogP contribution in [0.15, 0.2) is 4.99 Å². The van der Waals surface area contributed by atoms with Gasteiger partial charge in [0.2, 0.25) is 0 Å². The Morgan fingerprint density at radius 3 is 2.75 bits per heavy atom. The summed E-state index contributed by atoms with van der Waals surface area (Å²) in [5.74, 6) is 0. The Kier molecular flexibility index (Phi) is 4.60. The van der Waals surface area contributed by atoms with E-state index in [0.29, 0.717) is 12.1 Å². The van der Waals surface area contributed by atoms with E-state index >= 15 is 0 Å². The van der Waals surface area contributed by atoms with Crippen molar-refractivity contribution in [2.45, 2.75) is 44.2 Å². The molecule has 1 heterocycles. The van der Waals surface area contributed by atoms with Crippen LogP contribution in [-0.2, 0) is 0 Å². The summed E-state index contributed by atoms with van der Waals surface area (Å²) in [4.78, 5) is 6.78. The van der Waals surface area contributed by atoms with E-state index < -0.39 is 0 Å². The van der Waals surface area contributed by atoms with E-state index in [4.69, 9.17) is 5.11 Å². The van der Waals surface area contributed by atoms with Crippen LogP contribution in [0.5, 0.6) is 0 Å². The van der Waals surface area contributed by atoms with Crippen LogP contribution in [0.25, 0.3) is 0 Å². The lowest BCUT2D eigenvalue weighted by molar-refractivity contribution is 0.208. The first-order valence-corrected chi connectivity index (χ1v) is 6.50. The molecule has 0 aromatic heterocycles. The highest BCUT2D eigenvalue weighted by atomic mass is 16.3. The molecule has 1 saturated carbocycles. The van der Waals surface area contributed by atoms with E-state index in [1.165, 1.54) is 38.6 Å². The number of hydrogen-bond acceptors (Lipinski definition) is 4. The summed E-state index contributed by atoms with van der Waals surface area (Å²) in [5.41, 5.74) is 0. The maximum atomic E-state index is 8.76. The second-order valence-corrected chi connectivity index (χ2v) is 4.80. The molecule has 16 heavy (non-hydrogen) atoms. The van der Waals surface area contributed by atoms with E-state index in [0.717, 1.165) is 13.1 Å². The number of aliphatic hydroxyl groups excluding tert-OH is 1. The number of aliphatic hydroxyl groups is 1. The van der Waals surface area contributed by atoms with Gasteiger partial charge in [-0.2, -0.15) is 0 Å². The molecule has 4 heteroatoms. The fourth-order valence-electron chi connectivity index (χ4n) is 2.72. The third kappa shape index (κ3) is 3.19. The zero-order chi connectivity index (χ0) is 11.2. The lowest BCUT2D eigenvalue weighted by atomic mass is 9.90. The summed E-state index contributed by atoms with van der Waals surface area (Å²) < 4.78 is 0. The van der Waals surface area contributed by atoms with Gasteiger partial charge in [-0.05, 0) is 32.1 Å². The minimum absolute atomic E-state index is 0.249. The standard InChI is InChI=1S/C12H23N3O/c16-9-7-14-11-2-4-12(5-3-11)15-8-1-6-13-10-15/h10-12,14,16H,1-9H2. The fourth-order valence-corrected chi connectivity index (χ4v) is 2.72. The summed E-state index contributed by atoms with van der Waals surface area (Å²) >= 11 is 0. The van der Waals surface area contributed by atoms with Crippen LogP contribution in [0, 0.1) is 0 Å². The molecule has 0 aromatic carbocycles. The number of nitrogens with one attached hydrogen (secondary N) is 1. The van der Waals surface area contributed by atoms with Gasteiger partial charge in [0, 0.05) is 31.7 Å². The smallest absolute Gasteiger partial charge is 0.0852 e. The number of aliphatic imine (C=N–C) groups is 1. The topological polar surface area (TPSA) is 47.9 Å². The van der Waals surface area contributed by atoms with Crippen molar-refractivity contribution in [3.63, 3.8) is 0 Å². The minimum Gasteiger partial charge on any atom is -0.395 e. The molecule has 4 nitrogen and oxygen atoms in total. The monoisotopic (exact) mass is 225 g/mol. The Hall–Kier alpha value is -0.610. The maximum absolute atomic E-state index is 8.76. The van der Waals surface area contributed by atoms with Crippen LogP contribution in [0.2, 0.25) is 0 Å². The van der Waals surface area contributed by atoms with Gasteiger partial charge in [0.25, 0.3) is 0 Å². The van der Waals surface area contributed by atoms with Crippen LogP contribution >= 0.6 is 0 Å². The summed E-state index contributed by atoms with van der Waals surface area (Å²) in [7, 11) is 0. The van der Waals surface area contributed by atoms with Gasteiger partial charge in [0.05, 0.1) is 12.9 Å². The molecule has 0 amide bonds. The molecule has 0 atom stereocenters. The predicted molar refractivity (Wildman–Crippen MR) is 65.8 cm³/mol. The number of nitrogens with zero attached hydrogens (tertiary/aromatic N) is 2. The van der Waals surface area contributed by atoms with Gasteiger partial charge in [-0.1, -0.05) is 0 Å². The van der Waals surface area contributed by atoms with E-state index in [1.54, 1.807) is 0 Å². The van der Waals surface area contributed by atoms with Crippen molar-refractivity contribution >= 4 is 6.34 Å². The summed E-state index contributed by atoms with van der Waals surface area (Å²) in [5, 5.41) is 12.2. The van der Waals surface area contributed by atoms with E-state index in [2.05, 4.69) is 21.5 Å². The minimum atomic E-state index is 0.249. The SMILES string of the molecule is OCCNC1CCC(N2C=NCCC2)CC1. The lowest BCUT2D eigenvalue weighted by Crippen LogP contribution is -2.43. The second-order valence-electron chi connectivity index (χ2n) is 4.80. The van der Waals surface area contributed by atoms with E-state index in [9.17, 15) is 0 Å². The molecule has 0 radical (unpaired) electrons. The van der Waals surface area contributed by atoms with Crippen molar-refractivity contribution in [3.8, 4) is 0 Å². The number of rotatable bonds is 4. The zero-order valence-corrected chi connectivity index (χ0v) is 9.94. The quantitative estimate of drug-likeness (QED) is 0.737. The summed E-state index contributed by atoms with van der Waals surface area (Å²) in [6, 6.07) is 1.32. The fraction of sp³-hybridized carbons (Fsp3) is 0.917. The van der Waals surface area contributed by atoms with Crippen LogP contribution < -0.4 is 5.32 Å². The second kappa shape index (κ2) is 6.21. The zero-order valence-electron chi connectivity index (χ0n) is 9.94. The summed E-state index contributed by atoms with van der Waals surface area (Å²) in [6.45, 7) is 3.17. The molecule has 0 saturated heterocycles. The third-order valence-electron chi connectivity index (χ3n) is 3.64. The molecule has 0 spiro atoms. The van der Waals surface area contributed by atoms with Gasteiger partial charge < -0.3 is 15.3 Å². The molecule has 1 aliphatic heterocycles. The molecule has 0 unspecified atom stereocenters. The Morgan fingerprint density at radius 2 is 2.12 bits per heavy atom. The number of hydrogen-bond donors (Lipinski definition) is 2.